The van der Waals surface area contributed by atoms with E-state index in [1.54, 1.807) is 13.8 Å². The van der Waals surface area contributed by atoms with Crippen molar-refractivity contribution in [3.8, 4) is 0 Å². The Balaban J connectivity index is 1.65. The van der Waals surface area contributed by atoms with Crippen LogP contribution in [0.15, 0.2) is 24.3 Å². The molecule has 7 nitrogen and oxygen atoms in total. The highest BCUT2D eigenvalue weighted by Gasteiger charge is 2.30. The Morgan fingerprint density at radius 2 is 1.81 bits per heavy atom. The summed E-state index contributed by atoms with van der Waals surface area (Å²) in [5.41, 5.74) is 4.63. The number of pyridine rings is 1. The number of methoxy groups -OCH3 is 1. The standard InChI is InChI=1S/C24H24N2O5/c1-12-19(23(28)30-4)13(2)25-21(12)22(27)14(3)31-24(29)20-15-8-5-6-10-17(15)26-18-11-7-9-16(18)20/h5-6,8,10,14,25H,7,9,11H2,1-4H3. The van der Waals surface area contributed by atoms with E-state index >= 15 is 0 Å². The van der Waals surface area contributed by atoms with E-state index in [9.17, 15) is 14.4 Å². The van der Waals surface area contributed by atoms with E-state index < -0.39 is 23.8 Å². The molecule has 0 saturated carbocycles. The summed E-state index contributed by atoms with van der Waals surface area (Å²) in [6, 6.07) is 7.47. The Morgan fingerprint density at radius 1 is 1.06 bits per heavy atom. The molecule has 0 saturated heterocycles. The summed E-state index contributed by atoms with van der Waals surface area (Å²) in [6.07, 6.45) is 1.49. The number of nitrogens with one attached hydrogen (secondary N) is 1. The molecule has 160 valence electrons. The number of hydrogen-bond acceptors (Lipinski definition) is 6. The van der Waals surface area contributed by atoms with Gasteiger partial charge in [-0.1, -0.05) is 18.2 Å². The fourth-order valence-electron chi connectivity index (χ4n) is 4.33. The van der Waals surface area contributed by atoms with Crippen molar-refractivity contribution >= 4 is 28.6 Å². The number of ketones is 1. The Kier molecular flexibility index (Phi) is 5.35. The number of para-hydroxylation sites is 1. The van der Waals surface area contributed by atoms with Crippen LogP contribution in [0.4, 0.5) is 0 Å². The van der Waals surface area contributed by atoms with Gasteiger partial charge in [0.1, 0.15) is 0 Å². The molecule has 0 amide bonds. The zero-order valence-electron chi connectivity index (χ0n) is 18.0. The number of hydrogen-bond donors (Lipinski definition) is 1. The van der Waals surface area contributed by atoms with Gasteiger partial charge in [0.25, 0.3) is 0 Å². The lowest BCUT2D eigenvalue weighted by Gasteiger charge is -2.16. The Bertz CT molecular complexity index is 1220. The van der Waals surface area contributed by atoms with Crippen LogP contribution in [0.1, 0.15) is 67.1 Å². The lowest BCUT2D eigenvalue weighted by Crippen LogP contribution is -2.26. The van der Waals surface area contributed by atoms with Gasteiger partial charge in [0.2, 0.25) is 5.78 Å². The van der Waals surface area contributed by atoms with E-state index in [0.717, 1.165) is 41.4 Å². The van der Waals surface area contributed by atoms with Crippen molar-refractivity contribution in [2.24, 2.45) is 0 Å². The summed E-state index contributed by atoms with van der Waals surface area (Å²) < 4.78 is 10.4. The molecular formula is C24H24N2O5. The SMILES string of the molecule is COC(=O)c1c(C)[nH]c(C(=O)C(C)OC(=O)c2c3c(nc4ccccc24)CCC3)c1C. The Morgan fingerprint density at radius 3 is 2.55 bits per heavy atom. The number of carbonyl (C=O) groups excluding carboxylic acids is 3. The van der Waals surface area contributed by atoms with Crippen LogP contribution in [0.3, 0.4) is 0 Å². The third-order valence-corrected chi connectivity index (χ3v) is 5.85. The van der Waals surface area contributed by atoms with Gasteiger partial charge in [-0.3, -0.25) is 9.78 Å². The number of H-pyrrole nitrogens is 1. The van der Waals surface area contributed by atoms with Crippen molar-refractivity contribution < 1.29 is 23.9 Å². The van der Waals surface area contributed by atoms with Crippen LogP contribution >= 0.6 is 0 Å². The second-order valence-electron chi connectivity index (χ2n) is 7.81. The molecule has 1 unspecified atom stereocenters. The van der Waals surface area contributed by atoms with E-state index in [-0.39, 0.29) is 5.69 Å². The first-order valence-corrected chi connectivity index (χ1v) is 10.3. The molecule has 31 heavy (non-hydrogen) atoms. The number of rotatable bonds is 5. The number of aryl methyl sites for hydroxylation is 2. The first-order valence-electron chi connectivity index (χ1n) is 10.3. The number of aromatic nitrogens is 2. The summed E-state index contributed by atoms with van der Waals surface area (Å²) in [4.78, 5) is 45.9. The fourth-order valence-corrected chi connectivity index (χ4v) is 4.33. The zero-order valence-corrected chi connectivity index (χ0v) is 18.0. The van der Waals surface area contributed by atoms with Crippen LogP contribution in [0.5, 0.6) is 0 Å². The van der Waals surface area contributed by atoms with Crippen molar-refractivity contribution in [2.45, 2.75) is 46.1 Å². The van der Waals surface area contributed by atoms with Gasteiger partial charge in [0.15, 0.2) is 6.10 Å². The van der Waals surface area contributed by atoms with Gasteiger partial charge < -0.3 is 14.5 Å². The van der Waals surface area contributed by atoms with E-state index in [1.165, 1.54) is 14.0 Å². The van der Waals surface area contributed by atoms with Crippen molar-refractivity contribution in [1.82, 2.24) is 9.97 Å². The number of aromatic amines is 1. The number of ether oxygens (including phenoxy) is 2. The molecule has 0 fully saturated rings. The van der Waals surface area contributed by atoms with Gasteiger partial charge in [-0.2, -0.15) is 0 Å². The Hall–Kier alpha value is -3.48. The van der Waals surface area contributed by atoms with Crippen LogP contribution in [-0.4, -0.2) is 40.9 Å². The van der Waals surface area contributed by atoms with Crippen LogP contribution in [0.2, 0.25) is 0 Å². The van der Waals surface area contributed by atoms with Crippen molar-refractivity contribution in [3.05, 3.63) is 63.6 Å². The van der Waals surface area contributed by atoms with Crippen LogP contribution in [0, 0.1) is 13.8 Å². The molecule has 7 heteroatoms. The molecule has 0 spiro atoms. The third kappa shape index (κ3) is 3.50. The molecule has 0 bridgehead atoms. The van der Waals surface area contributed by atoms with Gasteiger partial charge >= 0.3 is 11.9 Å². The average Bonchev–Trinajstić information content (AvgIpc) is 3.34. The predicted molar refractivity (Wildman–Crippen MR) is 115 cm³/mol. The molecular weight excluding hydrogens is 396 g/mol. The van der Waals surface area contributed by atoms with Crippen LogP contribution in [-0.2, 0) is 22.3 Å². The molecule has 2 heterocycles. The monoisotopic (exact) mass is 420 g/mol. The van der Waals surface area contributed by atoms with E-state index in [0.29, 0.717) is 22.4 Å². The molecule has 1 N–H and O–H groups in total. The highest BCUT2D eigenvalue weighted by atomic mass is 16.5. The largest absolute Gasteiger partial charge is 0.465 e. The summed E-state index contributed by atoms with van der Waals surface area (Å²) in [6.45, 7) is 4.90. The number of Topliss-reactive ketones (excluding diaryl/α,β-unsaturated/α-hetero) is 1. The highest BCUT2D eigenvalue weighted by molar-refractivity contribution is 6.08. The van der Waals surface area contributed by atoms with Gasteiger partial charge in [-0.05, 0) is 57.2 Å². The summed E-state index contributed by atoms with van der Waals surface area (Å²) in [5.74, 6) is -1.46. The molecule has 1 atom stereocenters. The van der Waals surface area contributed by atoms with Crippen molar-refractivity contribution in [1.29, 1.82) is 0 Å². The number of esters is 2. The van der Waals surface area contributed by atoms with Gasteiger partial charge in [-0.25, -0.2) is 9.59 Å². The quantitative estimate of drug-likeness (QED) is 0.497. The summed E-state index contributed by atoms with van der Waals surface area (Å²) in [5, 5.41) is 0.729. The maximum absolute atomic E-state index is 13.2. The first-order chi connectivity index (χ1) is 14.8. The maximum atomic E-state index is 13.2. The van der Waals surface area contributed by atoms with Gasteiger partial charge in [0, 0.05) is 16.8 Å². The normalized spacial score (nSPS) is 13.7. The maximum Gasteiger partial charge on any atom is 0.339 e. The second-order valence-corrected chi connectivity index (χ2v) is 7.81. The molecule has 0 radical (unpaired) electrons. The molecule has 3 aromatic rings. The first kappa shape index (κ1) is 20.8. The number of carbonyl (C=O) groups is 3. The second kappa shape index (κ2) is 7.98. The summed E-state index contributed by atoms with van der Waals surface area (Å²) >= 11 is 0. The van der Waals surface area contributed by atoms with Gasteiger partial charge in [0.05, 0.1) is 29.4 Å². The zero-order chi connectivity index (χ0) is 22.3. The lowest BCUT2D eigenvalue weighted by atomic mass is 10.0. The highest BCUT2D eigenvalue weighted by Crippen LogP contribution is 2.31. The minimum absolute atomic E-state index is 0.239. The molecule has 2 aromatic heterocycles. The number of nitrogens with zero attached hydrogens (tertiary/aromatic N) is 1. The number of benzene rings is 1. The smallest absolute Gasteiger partial charge is 0.339 e. The molecule has 1 aromatic carbocycles. The molecule has 1 aliphatic carbocycles. The van der Waals surface area contributed by atoms with E-state index in [1.807, 2.05) is 24.3 Å². The van der Waals surface area contributed by atoms with E-state index in [2.05, 4.69) is 9.97 Å². The number of fused-ring (bicyclic) bond motifs is 2. The van der Waals surface area contributed by atoms with Gasteiger partial charge in [-0.15, -0.1) is 0 Å². The minimum Gasteiger partial charge on any atom is -0.465 e. The molecule has 1 aliphatic rings. The molecule has 0 aliphatic heterocycles. The fraction of sp³-hybridized carbons (Fsp3) is 0.333. The Labute approximate surface area is 179 Å². The van der Waals surface area contributed by atoms with Crippen LogP contribution < -0.4 is 0 Å². The topological polar surface area (TPSA) is 98.4 Å². The van der Waals surface area contributed by atoms with Crippen molar-refractivity contribution in [3.63, 3.8) is 0 Å². The van der Waals surface area contributed by atoms with E-state index in [4.69, 9.17) is 9.47 Å². The summed E-state index contributed by atoms with van der Waals surface area (Å²) in [7, 11) is 1.29. The predicted octanol–water partition coefficient (Wildman–Crippen LogP) is 3.88. The lowest BCUT2D eigenvalue weighted by molar-refractivity contribution is 0.0317. The third-order valence-electron chi connectivity index (χ3n) is 5.85. The molecule has 4 rings (SSSR count). The van der Waals surface area contributed by atoms with Crippen molar-refractivity contribution in [2.75, 3.05) is 7.11 Å². The average molecular weight is 420 g/mol. The minimum atomic E-state index is -1.03. The van der Waals surface area contributed by atoms with Crippen LogP contribution in [0.25, 0.3) is 10.9 Å².